The average molecular weight is 261 g/mol. The third kappa shape index (κ3) is 3.48. The summed E-state index contributed by atoms with van der Waals surface area (Å²) in [5, 5.41) is 0. The molecule has 0 spiro atoms. The molecule has 0 aromatic carbocycles. The summed E-state index contributed by atoms with van der Waals surface area (Å²) in [7, 11) is 3.10. The van der Waals surface area contributed by atoms with Crippen molar-refractivity contribution in [2.45, 2.75) is 26.8 Å². The van der Waals surface area contributed by atoms with Crippen molar-refractivity contribution in [1.82, 2.24) is 4.57 Å². The minimum atomic E-state index is -1.80. The van der Waals surface area contributed by atoms with E-state index in [4.69, 9.17) is 12.5 Å². The highest BCUT2D eigenvalue weighted by Crippen LogP contribution is 2.49. The van der Waals surface area contributed by atoms with Gasteiger partial charge in [0.05, 0.1) is 32.2 Å². The predicted molar refractivity (Wildman–Crippen MR) is 72.0 cm³/mol. The topological polar surface area (TPSA) is 32.6 Å². The Labute approximate surface area is 106 Å². The number of hydrogen-bond acceptors (Lipinski definition) is 3. The van der Waals surface area contributed by atoms with Gasteiger partial charge in [-0.1, -0.05) is 0 Å². The molecule has 0 unspecified atom stereocenters. The molecule has 17 heavy (non-hydrogen) atoms. The Morgan fingerprint density at radius 2 is 1.47 bits per heavy atom. The van der Waals surface area contributed by atoms with E-state index in [2.05, 4.69) is 30.5 Å². The van der Waals surface area contributed by atoms with E-state index in [0.717, 1.165) is 18.7 Å². The first kappa shape index (κ1) is 14.6. The molecule has 1 aromatic heterocycles. The first-order chi connectivity index (χ1) is 8.08. The van der Waals surface area contributed by atoms with Gasteiger partial charge in [0, 0.05) is 23.7 Å². The molecule has 1 heterocycles. The molecule has 1 aromatic rings. The van der Waals surface area contributed by atoms with Crippen molar-refractivity contribution in [1.29, 1.82) is 0 Å². The number of aryl methyl sites for hydroxylation is 2. The van der Waals surface area contributed by atoms with Crippen LogP contribution in [-0.4, -0.2) is 31.6 Å². The molecule has 0 aliphatic rings. The molecule has 0 aliphatic carbocycles. The third-order valence-electron chi connectivity index (χ3n) is 2.96. The molecule has 5 heteroatoms. The highest BCUT2D eigenvalue weighted by molar-refractivity contribution is 8.21. The van der Waals surface area contributed by atoms with Crippen molar-refractivity contribution in [3.8, 4) is 0 Å². The Hall–Kier alpha value is -0.490. The van der Waals surface area contributed by atoms with E-state index in [9.17, 15) is 0 Å². The monoisotopic (exact) mass is 261 g/mol. The van der Waals surface area contributed by atoms with Gasteiger partial charge in [0.15, 0.2) is 0 Å². The lowest BCUT2D eigenvalue weighted by atomic mass is 10.4. The van der Waals surface area contributed by atoms with Crippen molar-refractivity contribution in [3.05, 3.63) is 23.5 Å². The molecule has 0 atom stereocenters. The number of aromatic nitrogens is 1. The lowest BCUT2D eigenvalue weighted by molar-refractivity contribution is 0.247. The predicted octanol–water partition coefficient (Wildman–Crippen LogP) is 2.98. The van der Waals surface area contributed by atoms with E-state index in [1.165, 1.54) is 11.4 Å². The number of hydrogen-bond donors (Lipinski definition) is 0. The van der Waals surface area contributed by atoms with Crippen LogP contribution in [0.1, 0.15) is 17.8 Å². The Bertz CT molecular complexity index is 320. The first-order valence-electron chi connectivity index (χ1n) is 5.69. The van der Waals surface area contributed by atoms with E-state index in [0.29, 0.717) is 0 Å². The smallest absolute Gasteiger partial charge is 0.0880 e. The standard InChI is InChI=1S/C12H23NO3S/c1-11-7-8-12(2)13(11)9-6-10-17(14-3,15-4)16-5/h7-8H,6,9-10H2,1-5H3. The molecule has 0 aliphatic heterocycles. The molecule has 4 nitrogen and oxygen atoms in total. The van der Waals surface area contributed by atoms with Gasteiger partial charge >= 0.3 is 0 Å². The fraction of sp³-hybridized carbons (Fsp3) is 0.667. The third-order valence-corrected chi connectivity index (χ3v) is 5.27. The van der Waals surface area contributed by atoms with Crippen LogP contribution in [0.25, 0.3) is 0 Å². The van der Waals surface area contributed by atoms with Crippen LogP contribution < -0.4 is 0 Å². The zero-order valence-electron chi connectivity index (χ0n) is 11.4. The molecule has 0 radical (unpaired) electrons. The Kier molecular flexibility index (Phi) is 5.52. The molecule has 0 fully saturated rings. The van der Waals surface area contributed by atoms with Crippen molar-refractivity contribution < 1.29 is 12.5 Å². The molecular weight excluding hydrogens is 238 g/mol. The SMILES string of the molecule is COS(CCCn1c(C)ccc1C)(OC)OC. The molecule has 0 N–H and O–H groups in total. The van der Waals surface area contributed by atoms with Crippen LogP contribution >= 0.6 is 10.9 Å². The van der Waals surface area contributed by atoms with Crippen molar-refractivity contribution in [2.75, 3.05) is 27.1 Å². The zero-order chi connectivity index (χ0) is 12.9. The van der Waals surface area contributed by atoms with Crippen LogP contribution in [0.15, 0.2) is 12.1 Å². The fourth-order valence-electron chi connectivity index (χ4n) is 1.91. The first-order valence-corrected chi connectivity index (χ1v) is 7.26. The summed E-state index contributed by atoms with van der Waals surface area (Å²) in [5.74, 6) is 0.785. The van der Waals surface area contributed by atoms with Crippen molar-refractivity contribution in [2.24, 2.45) is 0 Å². The molecule has 0 bridgehead atoms. The minimum absolute atomic E-state index is 0.785. The van der Waals surface area contributed by atoms with Crippen LogP contribution in [0.5, 0.6) is 0 Å². The highest BCUT2D eigenvalue weighted by atomic mass is 32.3. The van der Waals surface area contributed by atoms with E-state index >= 15 is 0 Å². The summed E-state index contributed by atoms with van der Waals surface area (Å²) in [6.45, 7) is 5.21. The van der Waals surface area contributed by atoms with Gasteiger partial charge < -0.3 is 4.57 Å². The Balaban J connectivity index is 2.52. The normalized spacial score (nSPS) is 13.0. The van der Waals surface area contributed by atoms with Gasteiger partial charge in [-0.25, -0.2) is 0 Å². The second-order valence-electron chi connectivity index (χ2n) is 3.88. The number of rotatable bonds is 7. The van der Waals surface area contributed by atoms with E-state index in [-0.39, 0.29) is 0 Å². The molecule has 0 saturated carbocycles. The summed E-state index contributed by atoms with van der Waals surface area (Å²) in [4.78, 5) is 0. The Morgan fingerprint density at radius 3 is 1.88 bits per heavy atom. The molecule has 0 saturated heterocycles. The maximum atomic E-state index is 5.35. The fourth-order valence-corrected chi connectivity index (χ4v) is 3.30. The lowest BCUT2D eigenvalue weighted by Crippen LogP contribution is -2.13. The van der Waals surface area contributed by atoms with Crippen LogP contribution in [0.2, 0.25) is 0 Å². The van der Waals surface area contributed by atoms with E-state index in [1.54, 1.807) is 21.3 Å². The maximum Gasteiger partial charge on any atom is 0.0880 e. The Morgan fingerprint density at radius 1 is 1.00 bits per heavy atom. The summed E-state index contributed by atoms with van der Waals surface area (Å²) >= 11 is 0. The molecule has 1 rings (SSSR count). The second kappa shape index (κ2) is 6.44. The van der Waals surface area contributed by atoms with E-state index in [1.807, 2.05) is 0 Å². The van der Waals surface area contributed by atoms with Gasteiger partial charge in [-0.2, -0.15) is 0 Å². The van der Waals surface area contributed by atoms with Crippen LogP contribution in [-0.2, 0) is 19.1 Å². The van der Waals surface area contributed by atoms with Crippen LogP contribution in [0.3, 0.4) is 0 Å². The second-order valence-corrected chi connectivity index (χ2v) is 6.41. The van der Waals surface area contributed by atoms with Crippen molar-refractivity contribution in [3.63, 3.8) is 0 Å². The van der Waals surface area contributed by atoms with Gasteiger partial charge in [-0.15, -0.1) is 0 Å². The molecule has 0 amide bonds. The van der Waals surface area contributed by atoms with Gasteiger partial charge in [-0.05, 0) is 32.4 Å². The highest BCUT2D eigenvalue weighted by Gasteiger charge is 2.22. The lowest BCUT2D eigenvalue weighted by Gasteiger charge is -2.33. The zero-order valence-corrected chi connectivity index (χ0v) is 12.2. The van der Waals surface area contributed by atoms with Gasteiger partial charge in [-0.3, -0.25) is 12.5 Å². The quantitative estimate of drug-likeness (QED) is 0.756. The average Bonchev–Trinajstić information content (AvgIpc) is 2.66. The van der Waals surface area contributed by atoms with Gasteiger partial charge in [0.2, 0.25) is 0 Å². The maximum absolute atomic E-state index is 5.35. The van der Waals surface area contributed by atoms with Crippen molar-refractivity contribution >= 4 is 10.9 Å². The summed E-state index contributed by atoms with van der Waals surface area (Å²) in [6, 6.07) is 4.27. The van der Waals surface area contributed by atoms with Gasteiger partial charge in [0.25, 0.3) is 0 Å². The summed E-state index contributed by atoms with van der Waals surface area (Å²) in [5.41, 5.74) is 2.57. The summed E-state index contributed by atoms with van der Waals surface area (Å²) < 4.78 is 18.3. The summed E-state index contributed by atoms with van der Waals surface area (Å²) in [6.07, 6.45) is 0.973. The molecular formula is C12H23NO3S. The van der Waals surface area contributed by atoms with Gasteiger partial charge in [0.1, 0.15) is 0 Å². The van der Waals surface area contributed by atoms with Crippen LogP contribution in [0.4, 0.5) is 0 Å². The minimum Gasteiger partial charge on any atom is -0.349 e. The number of nitrogens with zero attached hydrogens (tertiary/aromatic N) is 1. The molecule has 100 valence electrons. The van der Waals surface area contributed by atoms with Crippen LogP contribution in [0, 0.1) is 13.8 Å². The largest absolute Gasteiger partial charge is 0.349 e. The van der Waals surface area contributed by atoms with E-state index < -0.39 is 10.9 Å².